The van der Waals surface area contributed by atoms with Gasteiger partial charge in [-0.05, 0) is 12.5 Å². The molecule has 0 aliphatic heterocycles. The molecule has 84 valence electrons. The highest BCUT2D eigenvalue weighted by molar-refractivity contribution is 5.37. The van der Waals surface area contributed by atoms with Crippen LogP contribution in [-0.4, -0.2) is 31.7 Å². The fourth-order valence-corrected chi connectivity index (χ4v) is 1.30. The van der Waals surface area contributed by atoms with Crippen LogP contribution >= 0.6 is 0 Å². The van der Waals surface area contributed by atoms with Crippen LogP contribution < -0.4 is 11.1 Å². The van der Waals surface area contributed by atoms with Crippen molar-refractivity contribution in [2.75, 3.05) is 17.6 Å². The van der Waals surface area contributed by atoms with E-state index in [2.05, 4.69) is 30.5 Å². The van der Waals surface area contributed by atoms with Crippen molar-refractivity contribution in [1.29, 1.82) is 0 Å². The predicted octanol–water partition coefficient (Wildman–Crippen LogP) is 0.222. The van der Waals surface area contributed by atoms with Gasteiger partial charge < -0.3 is 11.1 Å². The third kappa shape index (κ3) is 2.91. The number of nitrogen functional groups attached to an aromatic ring is 1. The smallest absolute Gasteiger partial charge is 0.221 e. The molecule has 0 radical (unpaired) electrons. The van der Waals surface area contributed by atoms with E-state index in [9.17, 15) is 0 Å². The van der Waals surface area contributed by atoms with Gasteiger partial charge in [-0.25, -0.2) is 9.97 Å². The van der Waals surface area contributed by atoms with E-state index >= 15 is 0 Å². The van der Waals surface area contributed by atoms with E-state index in [-0.39, 0.29) is 5.95 Å². The van der Waals surface area contributed by atoms with Gasteiger partial charge in [0.15, 0.2) is 0 Å². The maximum absolute atomic E-state index is 5.45. The molecule has 0 saturated carbocycles. The molecule has 7 nitrogen and oxygen atoms in total. The minimum absolute atomic E-state index is 0.278. The number of anilines is 2. The molecule has 7 heteroatoms. The maximum atomic E-state index is 5.45. The molecule has 0 saturated heterocycles. The van der Waals surface area contributed by atoms with E-state index in [1.807, 2.05) is 0 Å². The second-order valence-corrected chi connectivity index (χ2v) is 3.26. The molecule has 2 rings (SSSR count). The van der Waals surface area contributed by atoms with Crippen LogP contribution in [0.4, 0.5) is 11.8 Å². The number of hydrogen-bond donors (Lipinski definition) is 3. The molecule has 2 aromatic heterocycles. The first-order chi connectivity index (χ1) is 7.84. The van der Waals surface area contributed by atoms with Crippen LogP contribution in [0.25, 0.3) is 0 Å². The maximum Gasteiger partial charge on any atom is 0.221 e. The molecule has 2 heterocycles. The zero-order valence-electron chi connectivity index (χ0n) is 8.72. The topological polar surface area (TPSA) is 105 Å². The van der Waals surface area contributed by atoms with Gasteiger partial charge in [-0.15, -0.1) is 0 Å². The summed E-state index contributed by atoms with van der Waals surface area (Å²) >= 11 is 0. The third-order valence-corrected chi connectivity index (χ3v) is 2.04. The zero-order valence-corrected chi connectivity index (χ0v) is 8.72. The molecule has 0 atom stereocenters. The van der Waals surface area contributed by atoms with Gasteiger partial charge in [-0.3, -0.25) is 5.10 Å². The number of H-pyrrole nitrogens is 1. The number of rotatable bonds is 5. The molecule has 0 amide bonds. The highest BCUT2D eigenvalue weighted by atomic mass is 15.2. The average Bonchev–Trinajstić information content (AvgIpc) is 2.77. The Kier molecular flexibility index (Phi) is 3.27. The Morgan fingerprint density at radius 2 is 2.31 bits per heavy atom. The normalized spacial score (nSPS) is 10.2. The van der Waals surface area contributed by atoms with Gasteiger partial charge >= 0.3 is 0 Å². The molecule has 0 aromatic carbocycles. The Bertz CT molecular complexity index is 425. The van der Waals surface area contributed by atoms with Crippen molar-refractivity contribution < 1.29 is 0 Å². The molecular weight excluding hydrogens is 206 g/mol. The molecule has 2 aromatic rings. The van der Waals surface area contributed by atoms with Crippen LogP contribution in [0.3, 0.4) is 0 Å². The van der Waals surface area contributed by atoms with Crippen molar-refractivity contribution in [3.63, 3.8) is 0 Å². The first kappa shape index (κ1) is 10.3. The first-order valence-corrected chi connectivity index (χ1v) is 5.01. The predicted molar refractivity (Wildman–Crippen MR) is 59.6 cm³/mol. The lowest BCUT2D eigenvalue weighted by molar-refractivity contribution is 0.803. The van der Waals surface area contributed by atoms with Crippen LogP contribution in [0, 0.1) is 0 Å². The molecule has 0 spiro atoms. The van der Waals surface area contributed by atoms with Crippen LogP contribution in [0.5, 0.6) is 0 Å². The summed E-state index contributed by atoms with van der Waals surface area (Å²) in [6.07, 6.45) is 4.93. The fraction of sp³-hybridized carbons (Fsp3) is 0.333. The first-order valence-electron chi connectivity index (χ1n) is 5.01. The van der Waals surface area contributed by atoms with E-state index in [1.54, 1.807) is 12.3 Å². The molecule has 0 fully saturated rings. The minimum atomic E-state index is 0.278. The van der Waals surface area contributed by atoms with Crippen molar-refractivity contribution >= 4 is 11.8 Å². The summed E-state index contributed by atoms with van der Waals surface area (Å²) in [6, 6.07) is 1.78. The van der Waals surface area contributed by atoms with Gasteiger partial charge in [-0.2, -0.15) is 10.1 Å². The van der Waals surface area contributed by atoms with Crippen molar-refractivity contribution in [3.8, 4) is 0 Å². The Hall–Kier alpha value is -2.18. The van der Waals surface area contributed by atoms with Crippen molar-refractivity contribution in [2.24, 2.45) is 0 Å². The van der Waals surface area contributed by atoms with Gasteiger partial charge in [0, 0.05) is 19.2 Å². The Labute approximate surface area is 92.5 Å². The molecule has 0 aliphatic rings. The number of hydrogen-bond acceptors (Lipinski definition) is 6. The van der Waals surface area contributed by atoms with Crippen LogP contribution in [0.15, 0.2) is 18.6 Å². The standard InChI is InChI=1S/C9H13N7/c10-9-12-5-3-7(15-9)11-4-1-2-8-13-6-14-16-8/h3,5-6H,1-2,4H2,(H,13,14,16)(H3,10,11,12,15). The summed E-state index contributed by atoms with van der Waals surface area (Å²) in [4.78, 5) is 11.9. The van der Waals surface area contributed by atoms with Gasteiger partial charge in [0.1, 0.15) is 18.0 Å². The number of aromatic amines is 1. The number of aryl methyl sites for hydroxylation is 1. The van der Waals surface area contributed by atoms with Gasteiger partial charge in [0.25, 0.3) is 0 Å². The molecule has 4 N–H and O–H groups in total. The Morgan fingerprint density at radius 1 is 1.38 bits per heavy atom. The largest absolute Gasteiger partial charge is 0.370 e. The molecule has 0 bridgehead atoms. The van der Waals surface area contributed by atoms with Crippen LogP contribution in [0.2, 0.25) is 0 Å². The summed E-state index contributed by atoms with van der Waals surface area (Å²) < 4.78 is 0. The Balaban J connectivity index is 1.72. The SMILES string of the molecule is Nc1nccc(NCCCc2ncn[nH]2)n1. The molecule has 16 heavy (non-hydrogen) atoms. The lowest BCUT2D eigenvalue weighted by Crippen LogP contribution is -2.06. The van der Waals surface area contributed by atoms with E-state index in [1.165, 1.54) is 6.33 Å². The van der Waals surface area contributed by atoms with E-state index in [4.69, 9.17) is 5.73 Å². The second kappa shape index (κ2) is 5.06. The third-order valence-electron chi connectivity index (χ3n) is 2.04. The molecular formula is C9H13N7. The van der Waals surface area contributed by atoms with Crippen molar-refractivity contribution in [1.82, 2.24) is 25.1 Å². The van der Waals surface area contributed by atoms with Crippen LogP contribution in [-0.2, 0) is 6.42 Å². The minimum Gasteiger partial charge on any atom is -0.370 e. The number of nitrogens with one attached hydrogen (secondary N) is 2. The average molecular weight is 219 g/mol. The highest BCUT2D eigenvalue weighted by Crippen LogP contribution is 2.03. The lowest BCUT2D eigenvalue weighted by Gasteiger charge is -2.04. The quantitative estimate of drug-likeness (QED) is 0.621. The van der Waals surface area contributed by atoms with E-state index < -0.39 is 0 Å². The van der Waals surface area contributed by atoms with Crippen molar-refractivity contribution in [2.45, 2.75) is 12.8 Å². The molecule has 0 aliphatic carbocycles. The molecule has 0 unspecified atom stereocenters. The lowest BCUT2D eigenvalue weighted by atomic mass is 10.3. The van der Waals surface area contributed by atoms with E-state index in [0.29, 0.717) is 0 Å². The fourth-order valence-electron chi connectivity index (χ4n) is 1.30. The second-order valence-electron chi connectivity index (χ2n) is 3.26. The Morgan fingerprint density at radius 3 is 3.06 bits per heavy atom. The van der Waals surface area contributed by atoms with Gasteiger partial charge in [0.2, 0.25) is 5.95 Å². The summed E-state index contributed by atoms with van der Waals surface area (Å²) in [5, 5.41) is 9.74. The number of aromatic nitrogens is 5. The highest BCUT2D eigenvalue weighted by Gasteiger charge is 1.97. The zero-order chi connectivity index (χ0) is 11.2. The van der Waals surface area contributed by atoms with Crippen molar-refractivity contribution in [3.05, 3.63) is 24.4 Å². The number of nitrogens with two attached hydrogens (primary N) is 1. The van der Waals surface area contributed by atoms with Crippen LogP contribution in [0.1, 0.15) is 12.2 Å². The van der Waals surface area contributed by atoms with E-state index in [0.717, 1.165) is 31.0 Å². The van der Waals surface area contributed by atoms with Gasteiger partial charge in [-0.1, -0.05) is 0 Å². The summed E-state index contributed by atoms with van der Waals surface area (Å²) in [6.45, 7) is 0.803. The number of nitrogens with zero attached hydrogens (tertiary/aromatic N) is 4. The summed E-state index contributed by atoms with van der Waals surface area (Å²) in [7, 11) is 0. The summed E-state index contributed by atoms with van der Waals surface area (Å²) in [5.41, 5.74) is 5.45. The monoisotopic (exact) mass is 219 g/mol. The summed E-state index contributed by atoms with van der Waals surface area (Å²) in [5.74, 6) is 1.91. The van der Waals surface area contributed by atoms with Gasteiger partial charge in [0.05, 0.1) is 0 Å².